The monoisotopic (exact) mass is 310 g/mol. The fourth-order valence-corrected chi connectivity index (χ4v) is 2.31. The van der Waals surface area contributed by atoms with Gasteiger partial charge in [0, 0.05) is 17.1 Å². The van der Waals surface area contributed by atoms with E-state index in [0.29, 0.717) is 35.3 Å². The fraction of sp³-hybridized carbons (Fsp3) is 0.286. The van der Waals surface area contributed by atoms with Gasteiger partial charge in [-0.3, -0.25) is 0 Å². The van der Waals surface area contributed by atoms with E-state index < -0.39 is 0 Å². The predicted octanol–water partition coefficient (Wildman–Crippen LogP) is 2.18. The number of hydrogen-bond donors (Lipinski definition) is 2. The highest BCUT2D eigenvalue weighted by Crippen LogP contribution is 2.15. The summed E-state index contributed by atoms with van der Waals surface area (Å²) < 4.78 is 5.27. The number of ether oxygens (including phenoxy) is 1. The number of esters is 1. The Bertz CT molecular complexity index is 572. The number of allylic oxidation sites excluding steroid dienone is 1. The van der Waals surface area contributed by atoms with E-state index >= 15 is 0 Å². The molecular formula is C14H15ClN2O2S. The second-order valence-corrected chi connectivity index (χ2v) is 5.20. The second-order valence-electron chi connectivity index (χ2n) is 4.39. The minimum atomic E-state index is -0.336. The summed E-state index contributed by atoms with van der Waals surface area (Å²) in [6.45, 7) is 2.49. The van der Waals surface area contributed by atoms with Crippen LogP contribution in [0.15, 0.2) is 35.5 Å². The first-order valence-electron chi connectivity index (χ1n) is 6.23. The summed E-state index contributed by atoms with van der Waals surface area (Å²) >= 11 is 11.0. The van der Waals surface area contributed by atoms with Crippen LogP contribution in [-0.4, -0.2) is 24.2 Å². The molecule has 20 heavy (non-hydrogen) atoms. The van der Waals surface area contributed by atoms with E-state index in [1.165, 1.54) is 0 Å². The number of benzene rings is 1. The first-order valence-corrected chi connectivity index (χ1v) is 7.01. The maximum Gasteiger partial charge on any atom is 0.337 e. The summed E-state index contributed by atoms with van der Waals surface area (Å²) in [5.74, 6) is -0.336. The molecule has 1 aliphatic rings. The van der Waals surface area contributed by atoms with Crippen molar-refractivity contribution in [1.82, 2.24) is 10.6 Å². The van der Waals surface area contributed by atoms with E-state index in [1.807, 2.05) is 24.3 Å². The number of rotatable bonds is 4. The molecule has 4 nitrogen and oxygen atoms in total. The quantitative estimate of drug-likeness (QED) is 0.659. The van der Waals surface area contributed by atoms with Crippen LogP contribution in [-0.2, 0) is 16.0 Å². The van der Waals surface area contributed by atoms with Crippen LogP contribution in [0.25, 0.3) is 0 Å². The van der Waals surface area contributed by atoms with Crippen LogP contribution >= 0.6 is 23.8 Å². The van der Waals surface area contributed by atoms with Crippen molar-refractivity contribution in [3.8, 4) is 0 Å². The third-order valence-corrected chi connectivity index (χ3v) is 3.60. The Morgan fingerprint density at radius 1 is 1.45 bits per heavy atom. The van der Waals surface area contributed by atoms with Gasteiger partial charge in [-0.1, -0.05) is 29.8 Å². The average Bonchev–Trinajstić information content (AvgIpc) is 2.40. The van der Waals surface area contributed by atoms with Crippen molar-refractivity contribution < 1.29 is 9.53 Å². The van der Waals surface area contributed by atoms with Crippen LogP contribution in [0.5, 0.6) is 0 Å². The molecule has 2 rings (SSSR count). The molecular weight excluding hydrogens is 296 g/mol. The van der Waals surface area contributed by atoms with Crippen molar-refractivity contribution >= 4 is 34.9 Å². The molecule has 0 aromatic heterocycles. The van der Waals surface area contributed by atoms with Gasteiger partial charge in [-0.2, -0.15) is 0 Å². The van der Waals surface area contributed by atoms with Gasteiger partial charge in [-0.15, -0.1) is 0 Å². The zero-order chi connectivity index (χ0) is 14.5. The smallest absolute Gasteiger partial charge is 0.337 e. The molecule has 0 aliphatic carbocycles. The molecule has 0 fully saturated rings. The molecule has 0 unspecified atom stereocenters. The molecule has 6 heteroatoms. The number of nitrogens with one attached hydrogen (secondary N) is 2. The van der Waals surface area contributed by atoms with Gasteiger partial charge in [0.05, 0.1) is 18.7 Å². The van der Waals surface area contributed by atoms with Crippen molar-refractivity contribution in [2.75, 3.05) is 13.2 Å². The van der Waals surface area contributed by atoms with Gasteiger partial charge < -0.3 is 15.4 Å². The lowest BCUT2D eigenvalue weighted by Crippen LogP contribution is -2.43. The molecule has 0 saturated heterocycles. The van der Waals surface area contributed by atoms with Gasteiger partial charge in [0.2, 0.25) is 0 Å². The van der Waals surface area contributed by atoms with Crippen LogP contribution < -0.4 is 10.6 Å². The van der Waals surface area contributed by atoms with E-state index in [9.17, 15) is 4.79 Å². The lowest BCUT2D eigenvalue weighted by atomic mass is 10.1. The third-order valence-electron chi connectivity index (χ3n) is 2.99. The van der Waals surface area contributed by atoms with Crippen LogP contribution in [0.3, 0.4) is 0 Å². The van der Waals surface area contributed by atoms with E-state index in [-0.39, 0.29) is 5.97 Å². The second kappa shape index (κ2) is 6.72. The summed E-state index contributed by atoms with van der Waals surface area (Å²) in [5, 5.41) is 7.02. The van der Waals surface area contributed by atoms with Crippen LogP contribution in [0, 0.1) is 0 Å². The Labute approximate surface area is 128 Å². The van der Waals surface area contributed by atoms with Crippen molar-refractivity contribution in [3.63, 3.8) is 0 Å². The highest BCUT2D eigenvalue weighted by molar-refractivity contribution is 7.80. The number of carbonyl (C=O) groups is 1. The summed E-state index contributed by atoms with van der Waals surface area (Å²) in [5.41, 5.74) is 2.27. The van der Waals surface area contributed by atoms with E-state index in [0.717, 1.165) is 11.3 Å². The van der Waals surface area contributed by atoms with Gasteiger partial charge in [-0.25, -0.2) is 4.79 Å². The molecule has 0 atom stereocenters. The lowest BCUT2D eigenvalue weighted by molar-refractivity contribution is -0.139. The molecule has 0 radical (unpaired) electrons. The Kier molecular flexibility index (Phi) is 4.98. The minimum Gasteiger partial charge on any atom is -0.462 e. The van der Waals surface area contributed by atoms with E-state index in [2.05, 4.69) is 10.6 Å². The molecule has 1 aliphatic heterocycles. The maximum atomic E-state index is 12.0. The maximum absolute atomic E-state index is 12.0. The number of carbonyl (C=O) groups excluding carboxylic acids is 1. The molecule has 0 bridgehead atoms. The van der Waals surface area contributed by atoms with Crippen molar-refractivity contribution in [1.29, 1.82) is 0 Å². The normalized spacial score (nSPS) is 14.6. The number of halogens is 1. The van der Waals surface area contributed by atoms with Gasteiger partial charge in [-0.05, 0) is 30.8 Å². The van der Waals surface area contributed by atoms with Crippen molar-refractivity contribution in [2.24, 2.45) is 0 Å². The van der Waals surface area contributed by atoms with Gasteiger partial charge >= 0.3 is 5.97 Å². The van der Waals surface area contributed by atoms with Crippen LogP contribution in [0.2, 0.25) is 5.02 Å². The Hall–Kier alpha value is -1.59. The molecule has 0 saturated carbocycles. The zero-order valence-corrected chi connectivity index (χ0v) is 12.6. The Morgan fingerprint density at radius 2 is 2.20 bits per heavy atom. The molecule has 1 aromatic rings. The predicted molar refractivity (Wildman–Crippen MR) is 82.6 cm³/mol. The van der Waals surface area contributed by atoms with Crippen molar-refractivity contribution in [2.45, 2.75) is 13.3 Å². The van der Waals surface area contributed by atoms with Crippen molar-refractivity contribution in [3.05, 3.63) is 46.1 Å². The fourth-order valence-electron chi connectivity index (χ4n) is 1.86. The molecule has 0 amide bonds. The lowest BCUT2D eigenvalue weighted by Gasteiger charge is -2.20. The zero-order valence-electron chi connectivity index (χ0n) is 11.0. The standard InChI is InChI=1S/C14H15ClN2O2S/c1-9-11(8-16-14(20)17-9)13(18)19-7-6-10-4-2-3-5-12(10)15/h2-5H,6-8H2,1H3,(H2,16,17,20). The molecule has 106 valence electrons. The van der Waals surface area contributed by atoms with Gasteiger partial charge in [0.15, 0.2) is 5.11 Å². The van der Waals surface area contributed by atoms with Gasteiger partial charge in [0.1, 0.15) is 0 Å². The summed E-state index contributed by atoms with van der Waals surface area (Å²) in [4.78, 5) is 12.0. The summed E-state index contributed by atoms with van der Waals surface area (Å²) in [6.07, 6.45) is 0.594. The largest absolute Gasteiger partial charge is 0.462 e. The Balaban J connectivity index is 1.89. The van der Waals surface area contributed by atoms with E-state index in [1.54, 1.807) is 6.92 Å². The number of hydrogen-bond acceptors (Lipinski definition) is 3. The Morgan fingerprint density at radius 3 is 2.90 bits per heavy atom. The SMILES string of the molecule is CC1=C(C(=O)OCCc2ccccc2Cl)CNC(=S)N1. The third kappa shape index (κ3) is 3.71. The highest BCUT2D eigenvalue weighted by atomic mass is 35.5. The molecule has 1 aromatic carbocycles. The van der Waals surface area contributed by atoms with Gasteiger partial charge in [0.25, 0.3) is 0 Å². The number of thiocarbonyl (C=S) groups is 1. The average molecular weight is 311 g/mol. The minimum absolute atomic E-state index is 0.295. The summed E-state index contributed by atoms with van der Waals surface area (Å²) in [6, 6.07) is 7.52. The van der Waals surface area contributed by atoms with E-state index in [4.69, 9.17) is 28.6 Å². The molecule has 0 spiro atoms. The van der Waals surface area contributed by atoms with Crippen LogP contribution in [0.1, 0.15) is 12.5 Å². The summed E-state index contributed by atoms with van der Waals surface area (Å²) in [7, 11) is 0. The first kappa shape index (κ1) is 14.8. The first-order chi connectivity index (χ1) is 9.58. The topological polar surface area (TPSA) is 50.4 Å². The van der Waals surface area contributed by atoms with Crippen LogP contribution in [0.4, 0.5) is 0 Å². The molecule has 2 N–H and O–H groups in total. The highest BCUT2D eigenvalue weighted by Gasteiger charge is 2.19. The molecule has 1 heterocycles.